The highest BCUT2D eigenvalue weighted by atomic mass is 35.5. The van der Waals surface area contributed by atoms with Gasteiger partial charge in [0.25, 0.3) is 0 Å². The van der Waals surface area contributed by atoms with Crippen LogP contribution < -0.4 is 25.4 Å². The van der Waals surface area contributed by atoms with E-state index in [1.54, 1.807) is 12.3 Å². The van der Waals surface area contributed by atoms with Gasteiger partial charge in [-0.05, 0) is 96.7 Å². The standard InChI is InChI=1S/C32H28ClF2N5O3.C7H12FN/c1-4-17-20(34)8-6-15-11-16(41)12-19(22(15)17)24-26(33)29-25-28(27(24)35)38-32(42-3)39-31(25)40(2)21(13-43-29)18-7-5-14-9-10-37-30(36)23(14)18;8-6-4-7(9-5-6)2-1-3-7/h6,8-12,18,21,41H,4-5,7,13H2,1-3H3,(H2,36,37);6,9H,1-5H2. The van der Waals surface area contributed by atoms with Crippen molar-refractivity contribution in [3.63, 3.8) is 0 Å². The number of ether oxygens (including phenoxy) is 2. The number of benzene rings is 3. The van der Waals surface area contributed by atoms with Gasteiger partial charge in [-0.3, -0.25) is 0 Å². The second kappa shape index (κ2) is 13.1. The number of methoxy groups -OCH3 is 1. The molecule has 0 amide bonds. The van der Waals surface area contributed by atoms with Crippen LogP contribution in [0.5, 0.6) is 17.5 Å². The summed E-state index contributed by atoms with van der Waals surface area (Å²) in [6.07, 6.45) is 7.61. The molecule has 0 radical (unpaired) electrons. The molecule has 1 saturated heterocycles. The third kappa shape index (κ3) is 5.53. The van der Waals surface area contributed by atoms with Gasteiger partial charge < -0.3 is 30.5 Å². The molecular weight excluding hydrogens is 693 g/mol. The molecule has 3 atom stereocenters. The fraction of sp³-hybridized carbons (Fsp3) is 0.410. The quantitative estimate of drug-likeness (QED) is 0.170. The molecule has 1 saturated carbocycles. The maximum Gasteiger partial charge on any atom is 0.318 e. The van der Waals surface area contributed by atoms with Crippen molar-refractivity contribution in [3.8, 4) is 28.6 Å². The lowest BCUT2D eigenvalue weighted by Gasteiger charge is -2.38. The smallest absolute Gasteiger partial charge is 0.318 e. The fourth-order valence-electron chi connectivity index (χ4n) is 8.72. The molecule has 1 spiro atoms. The topological polar surface area (TPSA) is 119 Å². The van der Waals surface area contributed by atoms with E-state index in [4.69, 9.17) is 26.8 Å². The van der Waals surface area contributed by atoms with E-state index in [1.807, 2.05) is 24.9 Å². The molecule has 0 bridgehead atoms. The minimum atomic E-state index is -0.765. The summed E-state index contributed by atoms with van der Waals surface area (Å²) in [6.45, 7) is 2.59. The average molecular weight is 733 g/mol. The predicted molar refractivity (Wildman–Crippen MR) is 196 cm³/mol. The third-order valence-corrected chi connectivity index (χ3v) is 11.8. The van der Waals surface area contributed by atoms with Crippen molar-refractivity contribution >= 4 is 44.9 Å². The van der Waals surface area contributed by atoms with Crippen LogP contribution in [-0.4, -0.2) is 65.1 Å². The maximum absolute atomic E-state index is 16.9. The van der Waals surface area contributed by atoms with Crippen LogP contribution in [0, 0.1) is 11.6 Å². The Morgan fingerprint density at radius 2 is 1.98 bits per heavy atom. The Hall–Kier alpha value is -4.55. The van der Waals surface area contributed by atoms with Crippen molar-refractivity contribution in [2.45, 2.75) is 75.5 Å². The first kappa shape index (κ1) is 34.5. The normalized spacial score (nSPS) is 21.4. The first-order valence-corrected chi connectivity index (χ1v) is 18.1. The number of aromatic hydroxyl groups is 1. The largest absolute Gasteiger partial charge is 0.508 e. The molecule has 5 aromatic rings. The molecule has 2 aromatic heterocycles. The maximum atomic E-state index is 16.9. The average Bonchev–Trinajstić information content (AvgIpc) is 3.71. The molecule has 3 aromatic carbocycles. The van der Waals surface area contributed by atoms with Crippen LogP contribution in [0.1, 0.15) is 61.6 Å². The van der Waals surface area contributed by atoms with Gasteiger partial charge in [0.1, 0.15) is 41.5 Å². The zero-order chi connectivity index (χ0) is 36.5. The number of fused-ring (bicyclic) bond motifs is 2. The number of alkyl halides is 1. The summed E-state index contributed by atoms with van der Waals surface area (Å²) in [5, 5.41) is 15.1. The lowest BCUT2D eigenvalue weighted by molar-refractivity contribution is 0.202. The zero-order valence-electron chi connectivity index (χ0n) is 29.2. The van der Waals surface area contributed by atoms with Crippen molar-refractivity contribution in [2.24, 2.45) is 0 Å². The first-order valence-electron chi connectivity index (χ1n) is 17.7. The molecule has 4 heterocycles. The first-order chi connectivity index (χ1) is 25.0. The highest BCUT2D eigenvalue weighted by molar-refractivity contribution is 6.37. The van der Waals surface area contributed by atoms with Crippen molar-refractivity contribution in [1.82, 2.24) is 20.3 Å². The number of nitrogen functional groups attached to an aromatic ring is 1. The number of hydrogen-bond donors (Lipinski definition) is 3. The number of aryl methyl sites for hydroxylation is 2. The van der Waals surface area contributed by atoms with E-state index in [1.165, 1.54) is 44.6 Å². The van der Waals surface area contributed by atoms with Crippen molar-refractivity contribution in [1.29, 1.82) is 0 Å². The van der Waals surface area contributed by atoms with Gasteiger partial charge in [0, 0.05) is 42.4 Å². The third-order valence-electron chi connectivity index (χ3n) is 11.4. The summed E-state index contributed by atoms with van der Waals surface area (Å²) < 4.78 is 56.3. The summed E-state index contributed by atoms with van der Waals surface area (Å²) >= 11 is 7.05. The number of likely N-dealkylation sites (N-methyl/N-ethyl adjacent to an activating group) is 1. The lowest BCUT2D eigenvalue weighted by Crippen LogP contribution is -2.45. The summed E-state index contributed by atoms with van der Waals surface area (Å²) in [4.78, 5) is 15.3. The van der Waals surface area contributed by atoms with Crippen molar-refractivity contribution in [3.05, 3.63) is 69.9 Å². The van der Waals surface area contributed by atoms with Gasteiger partial charge in [-0.2, -0.15) is 9.97 Å². The molecule has 2 aliphatic heterocycles. The van der Waals surface area contributed by atoms with E-state index in [9.17, 15) is 9.50 Å². The number of phenolic OH excluding ortho intramolecular Hbond substituents is 1. The Bertz CT molecular complexity index is 2230. The van der Waals surface area contributed by atoms with Gasteiger partial charge >= 0.3 is 6.01 Å². The molecule has 3 unspecified atom stereocenters. The number of aromatic nitrogens is 3. The number of nitrogens with one attached hydrogen (secondary N) is 1. The monoisotopic (exact) mass is 732 g/mol. The SMILES string of the molecule is CCc1c(F)ccc2cc(O)cc(-c3c(Cl)c4c5c(nc(OC)nc5c3F)N(C)C(C3CCc5ccnc(N)c53)CO4)c12.FC1CNC2(CCC2)C1. The number of pyridine rings is 1. The van der Waals surface area contributed by atoms with Gasteiger partial charge in [-0.15, -0.1) is 0 Å². The van der Waals surface area contributed by atoms with Crippen LogP contribution in [0.3, 0.4) is 0 Å². The van der Waals surface area contributed by atoms with Crippen LogP contribution >= 0.6 is 11.6 Å². The second-order valence-electron chi connectivity index (χ2n) is 14.3. The van der Waals surface area contributed by atoms with Crippen molar-refractivity contribution < 1.29 is 27.8 Å². The minimum absolute atomic E-state index is 0.0275. The number of phenols is 1. The molecular formula is C39H40ClF3N6O3. The lowest BCUT2D eigenvalue weighted by atomic mass is 9.76. The van der Waals surface area contributed by atoms with Gasteiger partial charge in [0.2, 0.25) is 0 Å². The molecule has 272 valence electrons. The van der Waals surface area contributed by atoms with Crippen LogP contribution in [0.25, 0.3) is 32.8 Å². The number of halogens is 4. The molecule has 2 fully saturated rings. The number of nitrogens with two attached hydrogens (primary N) is 1. The Morgan fingerprint density at radius 3 is 2.65 bits per heavy atom. The van der Waals surface area contributed by atoms with Crippen LogP contribution in [0.2, 0.25) is 5.02 Å². The van der Waals surface area contributed by atoms with Gasteiger partial charge in [-0.25, -0.2) is 18.2 Å². The van der Waals surface area contributed by atoms with Crippen LogP contribution in [-0.2, 0) is 12.8 Å². The zero-order valence-corrected chi connectivity index (χ0v) is 30.0. The number of rotatable bonds is 4. The number of hydrogen-bond acceptors (Lipinski definition) is 9. The summed E-state index contributed by atoms with van der Waals surface area (Å²) in [5.41, 5.74) is 9.21. The Kier molecular flexibility index (Phi) is 8.73. The summed E-state index contributed by atoms with van der Waals surface area (Å²) in [7, 11) is 3.28. The molecule has 9 rings (SSSR count). The van der Waals surface area contributed by atoms with Gasteiger partial charge in [0.05, 0.1) is 23.6 Å². The second-order valence-corrected chi connectivity index (χ2v) is 14.7. The Balaban J connectivity index is 0.000000372. The Morgan fingerprint density at radius 1 is 1.17 bits per heavy atom. The molecule has 9 nitrogen and oxygen atoms in total. The highest BCUT2D eigenvalue weighted by Gasteiger charge is 2.43. The van der Waals surface area contributed by atoms with E-state index in [0.717, 1.165) is 30.4 Å². The minimum Gasteiger partial charge on any atom is -0.508 e. The van der Waals surface area contributed by atoms with E-state index in [2.05, 4.69) is 20.3 Å². The van der Waals surface area contributed by atoms with Gasteiger partial charge in [-0.1, -0.05) is 24.6 Å². The fourth-order valence-corrected chi connectivity index (χ4v) is 9.05. The molecule has 52 heavy (non-hydrogen) atoms. The van der Waals surface area contributed by atoms with Crippen LogP contribution in [0.15, 0.2) is 36.5 Å². The summed E-state index contributed by atoms with van der Waals surface area (Å²) in [6, 6.07) is 7.47. The van der Waals surface area contributed by atoms with E-state index in [0.29, 0.717) is 46.3 Å². The van der Waals surface area contributed by atoms with Crippen molar-refractivity contribution in [2.75, 3.05) is 37.9 Å². The molecule has 4 aliphatic rings. The predicted octanol–water partition coefficient (Wildman–Crippen LogP) is 7.80. The van der Waals surface area contributed by atoms with E-state index in [-0.39, 0.29) is 63.3 Å². The van der Waals surface area contributed by atoms with Crippen LogP contribution in [0.4, 0.5) is 24.8 Å². The Labute approximate surface area is 304 Å². The molecule has 4 N–H and O–H groups in total. The molecule has 2 aliphatic carbocycles. The van der Waals surface area contributed by atoms with E-state index >= 15 is 8.78 Å². The highest BCUT2D eigenvalue weighted by Crippen LogP contribution is 2.51. The summed E-state index contributed by atoms with van der Waals surface area (Å²) in [5.74, 6) is -0.291. The molecule has 13 heteroatoms. The number of nitrogens with zero attached hydrogens (tertiary/aromatic N) is 4. The van der Waals surface area contributed by atoms with E-state index < -0.39 is 17.8 Å². The van der Waals surface area contributed by atoms with Gasteiger partial charge in [0.15, 0.2) is 11.6 Å². The number of anilines is 2.